The molecule has 1 heterocycles. The molecule has 0 unspecified atom stereocenters. The van der Waals surface area contributed by atoms with Crippen LogP contribution in [0.25, 0.3) is 0 Å². The van der Waals surface area contributed by atoms with Crippen molar-refractivity contribution in [2.45, 2.75) is 6.42 Å². The van der Waals surface area contributed by atoms with Crippen LogP contribution in [-0.2, 0) is 9.84 Å². The van der Waals surface area contributed by atoms with Gasteiger partial charge in [-0.05, 0) is 6.42 Å². The molecule has 0 spiro atoms. The van der Waals surface area contributed by atoms with E-state index in [1.54, 1.807) is 0 Å². The molecule has 8 heteroatoms. The van der Waals surface area contributed by atoms with Crippen LogP contribution in [0.15, 0.2) is 5.38 Å². The molecular weight excluding hydrogens is 252 g/mol. The van der Waals surface area contributed by atoms with Crippen LogP contribution in [0.2, 0.25) is 0 Å². The smallest absolute Gasteiger partial charge is 0.355 e. The average Bonchev–Trinajstić information content (AvgIpc) is 2.59. The van der Waals surface area contributed by atoms with Crippen LogP contribution >= 0.6 is 11.3 Å². The minimum atomic E-state index is -2.94. The molecule has 0 amide bonds. The van der Waals surface area contributed by atoms with Crippen LogP contribution in [-0.4, -0.2) is 43.0 Å². The molecule has 1 rings (SSSR count). The van der Waals surface area contributed by atoms with Gasteiger partial charge >= 0.3 is 5.97 Å². The molecule has 0 saturated heterocycles. The lowest BCUT2D eigenvalue weighted by molar-refractivity contribution is 0.0691. The van der Waals surface area contributed by atoms with Gasteiger partial charge in [0.2, 0.25) is 0 Å². The molecule has 1 aromatic heterocycles. The summed E-state index contributed by atoms with van der Waals surface area (Å²) in [6, 6.07) is 0. The number of thiazole rings is 1. The SMILES string of the molecule is CS(=O)(=O)CCCNc1nc(C(=O)O)cs1. The Balaban J connectivity index is 2.35. The Labute approximate surface area is 97.2 Å². The summed E-state index contributed by atoms with van der Waals surface area (Å²) >= 11 is 1.18. The maximum absolute atomic E-state index is 10.8. The van der Waals surface area contributed by atoms with E-state index in [4.69, 9.17) is 5.11 Å². The molecular formula is C8H12N2O4S2. The standard InChI is InChI=1S/C8H12N2O4S2/c1-16(13,14)4-2-3-9-8-10-6(5-15-8)7(11)12/h5H,2-4H2,1H3,(H,9,10)(H,11,12). The van der Waals surface area contributed by atoms with E-state index in [1.165, 1.54) is 23.0 Å². The van der Waals surface area contributed by atoms with E-state index >= 15 is 0 Å². The van der Waals surface area contributed by atoms with E-state index < -0.39 is 15.8 Å². The molecule has 90 valence electrons. The van der Waals surface area contributed by atoms with Crippen LogP contribution < -0.4 is 5.32 Å². The minimum Gasteiger partial charge on any atom is -0.476 e. The van der Waals surface area contributed by atoms with Crippen molar-refractivity contribution in [3.8, 4) is 0 Å². The van der Waals surface area contributed by atoms with Gasteiger partial charge in [0.25, 0.3) is 0 Å². The van der Waals surface area contributed by atoms with Crippen molar-refractivity contribution >= 4 is 32.3 Å². The number of rotatable bonds is 6. The molecule has 0 aromatic carbocycles. The van der Waals surface area contributed by atoms with Crippen molar-refractivity contribution in [1.29, 1.82) is 0 Å². The van der Waals surface area contributed by atoms with Crippen molar-refractivity contribution < 1.29 is 18.3 Å². The fourth-order valence-corrected chi connectivity index (χ4v) is 2.36. The number of nitrogens with zero attached hydrogens (tertiary/aromatic N) is 1. The summed E-state index contributed by atoms with van der Waals surface area (Å²) in [6.45, 7) is 0.458. The monoisotopic (exact) mass is 264 g/mol. The van der Waals surface area contributed by atoms with Crippen LogP contribution in [0.5, 0.6) is 0 Å². The number of aromatic carboxylic acids is 1. The van der Waals surface area contributed by atoms with Gasteiger partial charge in [-0.25, -0.2) is 18.2 Å². The van der Waals surface area contributed by atoms with Crippen LogP contribution in [0, 0.1) is 0 Å². The summed E-state index contributed by atoms with van der Waals surface area (Å²) in [7, 11) is -2.94. The largest absolute Gasteiger partial charge is 0.476 e. The zero-order valence-electron chi connectivity index (χ0n) is 8.63. The maximum Gasteiger partial charge on any atom is 0.355 e. The highest BCUT2D eigenvalue weighted by Gasteiger charge is 2.08. The van der Waals surface area contributed by atoms with Crippen LogP contribution in [0.4, 0.5) is 5.13 Å². The molecule has 0 atom stereocenters. The van der Waals surface area contributed by atoms with Gasteiger partial charge in [-0.1, -0.05) is 0 Å². The Morgan fingerprint density at radius 3 is 2.81 bits per heavy atom. The maximum atomic E-state index is 10.8. The Kier molecular flexibility index (Phi) is 4.25. The van der Waals surface area contributed by atoms with Crippen molar-refractivity contribution in [2.75, 3.05) is 23.9 Å². The molecule has 16 heavy (non-hydrogen) atoms. The number of carboxylic acid groups (broad SMARTS) is 1. The molecule has 0 bridgehead atoms. The van der Waals surface area contributed by atoms with E-state index in [0.717, 1.165) is 0 Å². The first-order chi connectivity index (χ1) is 7.38. The predicted octanol–water partition coefficient (Wildman–Crippen LogP) is 0.688. The van der Waals surface area contributed by atoms with E-state index in [-0.39, 0.29) is 11.4 Å². The Bertz CT molecular complexity index is 466. The van der Waals surface area contributed by atoms with Gasteiger partial charge in [-0.3, -0.25) is 0 Å². The second kappa shape index (κ2) is 5.26. The Morgan fingerprint density at radius 1 is 1.62 bits per heavy atom. The summed E-state index contributed by atoms with van der Waals surface area (Å²) in [5.41, 5.74) is -0.00406. The highest BCUT2D eigenvalue weighted by Crippen LogP contribution is 2.14. The average molecular weight is 264 g/mol. The first kappa shape index (κ1) is 12.9. The first-order valence-electron chi connectivity index (χ1n) is 4.49. The lowest BCUT2D eigenvalue weighted by Gasteiger charge is -2.00. The molecule has 0 radical (unpaired) electrons. The molecule has 2 N–H and O–H groups in total. The van der Waals surface area contributed by atoms with Gasteiger partial charge in [-0.2, -0.15) is 0 Å². The zero-order chi connectivity index (χ0) is 12.2. The Hall–Kier alpha value is -1.15. The summed E-state index contributed by atoms with van der Waals surface area (Å²) < 4.78 is 21.6. The molecule has 0 fully saturated rings. The van der Waals surface area contributed by atoms with E-state index in [0.29, 0.717) is 18.1 Å². The lowest BCUT2D eigenvalue weighted by Crippen LogP contribution is -2.09. The molecule has 0 aliphatic heterocycles. The number of hydrogen-bond acceptors (Lipinski definition) is 6. The fraction of sp³-hybridized carbons (Fsp3) is 0.500. The van der Waals surface area contributed by atoms with E-state index in [1.807, 2.05) is 0 Å². The Morgan fingerprint density at radius 2 is 2.31 bits per heavy atom. The topological polar surface area (TPSA) is 96.4 Å². The van der Waals surface area contributed by atoms with Gasteiger partial charge in [0, 0.05) is 18.2 Å². The van der Waals surface area contributed by atoms with Gasteiger partial charge in [0.1, 0.15) is 9.84 Å². The van der Waals surface area contributed by atoms with Crippen molar-refractivity contribution in [3.05, 3.63) is 11.1 Å². The summed E-state index contributed by atoms with van der Waals surface area (Å²) in [5.74, 6) is -0.961. The van der Waals surface area contributed by atoms with E-state index in [2.05, 4.69) is 10.3 Å². The van der Waals surface area contributed by atoms with E-state index in [9.17, 15) is 13.2 Å². The summed E-state index contributed by atoms with van der Waals surface area (Å²) in [5, 5.41) is 13.4. The number of aromatic nitrogens is 1. The highest BCUT2D eigenvalue weighted by molar-refractivity contribution is 7.90. The van der Waals surface area contributed by atoms with Gasteiger partial charge < -0.3 is 10.4 Å². The third-order valence-corrected chi connectivity index (χ3v) is 3.52. The minimum absolute atomic E-state index is 0.00406. The van der Waals surface area contributed by atoms with Crippen molar-refractivity contribution in [3.63, 3.8) is 0 Å². The number of carboxylic acids is 1. The summed E-state index contributed by atoms with van der Waals surface area (Å²) in [4.78, 5) is 14.3. The molecule has 0 saturated carbocycles. The molecule has 0 aliphatic rings. The predicted molar refractivity (Wildman–Crippen MR) is 61.9 cm³/mol. The molecule has 1 aromatic rings. The number of nitrogens with one attached hydrogen (secondary N) is 1. The number of carbonyl (C=O) groups is 1. The second-order valence-electron chi connectivity index (χ2n) is 3.25. The molecule has 0 aliphatic carbocycles. The first-order valence-corrected chi connectivity index (χ1v) is 7.43. The fourth-order valence-electron chi connectivity index (χ4n) is 0.983. The van der Waals surface area contributed by atoms with Crippen LogP contribution in [0.3, 0.4) is 0 Å². The summed E-state index contributed by atoms with van der Waals surface area (Å²) in [6.07, 6.45) is 1.65. The van der Waals surface area contributed by atoms with Gasteiger partial charge in [0.15, 0.2) is 10.8 Å². The lowest BCUT2D eigenvalue weighted by atomic mass is 10.5. The third kappa shape index (κ3) is 4.58. The molecule has 6 nitrogen and oxygen atoms in total. The quantitative estimate of drug-likeness (QED) is 0.734. The number of anilines is 1. The van der Waals surface area contributed by atoms with Crippen molar-refractivity contribution in [2.24, 2.45) is 0 Å². The number of hydrogen-bond donors (Lipinski definition) is 2. The number of sulfone groups is 1. The zero-order valence-corrected chi connectivity index (χ0v) is 10.3. The normalized spacial score (nSPS) is 11.3. The third-order valence-electron chi connectivity index (χ3n) is 1.69. The second-order valence-corrected chi connectivity index (χ2v) is 6.37. The van der Waals surface area contributed by atoms with Gasteiger partial charge in [-0.15, -0.1) is 11.3 Å². The van der Waals surface area contributed by atoms with Crippen molar-refractivity contribution in [1.82, 2.24) is 4.98 Å². The van der Waals surface area contributed by atoms with Crippen LogP contribution in [0.1, 0.15) is 16.9 Å². The van der Waals surface area contributed by atoms with Gasteiger partial charge in [0.05, 0.1) is 5.75 Å². The highest BCUT2D eigenvalue weighted by atomic mass is 32.2.